The van der Waals surface area contributed by atoms with Crippen LogP contribution in [0.15, 0.2) is 36.4 Å². The zero-order valence-corrected chi connectivity index (χ0v) is 13.6. The lowest BCUT2D eigenvalue weighted by atomic mass is 9.85. The van der Waals surface area contributed by atoms with E-state index in [4.69, 9.17) is 0 Å². The number of amides is 3. The first-order valence-corrected chi connectivity index (χ1v) is 8.18. The van der Waals surface area contributed by atoms with Crippen LogP contribution in [0.1, 0.15) is 24.8 Å². The lowest BCUT2D eigenvalue weighted by Gasteiger charge is -2.15. The number of rotatable bonds is 5. The Morgan fingerprint density at radius 2 is 1.75 bits per heavy atom. The van der Waals surface area contributed by atoms with Crippen LogP contribution in [0.5, 0.6) is 0 Å². The van der Waals surface area contributed by atoms with Gasteiger partial charge >= 0.3 is 0 Å². The molecule has 2 N–H and O–H groups in total. The van der Waals surface area contributed by atoms with Crippen LogP contribution in [0.25, 0.3) is 0 Å². The highest BCUT2D eigenvalue weighted by molar-refractivity contribution is 6.05. The van der Waals surface area contributed by atoms with E-state index in [2.05, 4.69) is 10.9 Å². The summed E-state index contributed by atoms with van der Waals surface area (Å²) in [7, 11) is 0. The molecule has 126 valence electrons. The maximum Gasteiger partial charge on any atom is 0.240 e. The van der Waals surface area contributed by atoms with Crippen molar-refractivity contribution >= 4 is 23.4 Å². The van der Waals surface area contributed by atoms with Crippen LogP contribution in [-0.4, -0.2) is 29.2 Å². The van der Waals surface area contributed by atoms with Gasteiger partial charge in [0.25, 0.3) is 0 Å². The van der Waals surface area contributed by atoms with Crippen molar-refractivity contribution in [3.8, 4) is 0 Å². The molecule has 24 heavy (non-hydrogen) atoms. The van der Waals surface area contributed by atoms with E-state index < -0.39 is 0 Å². The minimum absolute atomic E-state index is 0.0865. The normalized spacial score (nSPS) is 22.5. The molecule has 1 heterocycles. The second-order valence-electron chi connectivity index (χ2n) is 6.22. The lowest BCUT2D eigenvalue weighted by molar-refractivity contribution is -0.140. The molecule has 1 aliphatic heterocycles. The fourth-order valence-electron chi connectivity index (χ4n) is 3.22. The molecule has 1 saturated heterocycles. The Labute approximate surface area is 140 Å². The molecule has 0 spiro atoms. The highest BCUT2D eigenvalue weighted by Crippen LogP contribution is 2.34. The number of nitrogens with zero attached hydrogens (tertiary/aromatic N) is 1. The van der Waals surface area contributed by atoms with Crippen LogP contribution in [-0.2, 0) is 14.4 Å². The van der Waals surface area contributed by atoms with Crippen molar-refractivity contribution in [2.75, 3.05) is 12.0 Å². The fourth-order valence-corrected chi connectivity index (χ4v) is 3.22. The van der Waals surface area contributed by atoms with Crippen molar-refractivity contribution in [1.29, 1.82) is 0 Å². The smallest absolute Gasteiger partial charge is 0.240 e. The second-order valence-corrected chi connectivity index (χ2v) is 6.22. The van der Waals surface area contributed by atoms with Crippen LogP contribution < -0.4 is 10.9 Å². The van der Waals surface area contributed by atoms with Crippen molar-refractivity contribution in [2.24, 2.45) is 11.8 Å². The molecule has 3 rings (SSSR count). The largest absolute Gasteiger partial charge is 0.298 e. The van der Waals surface area contributed by atoms with Gasteiger partial charge in [-0.3, -0.25) is 30.1 Å². The summed E-state index contributed by atoms with van der Waals surface area (Å²) in [5.74, 6) is -1.03. The molecule has 0 radical (unpaired) electrons. The lowest BCUT2D eigenvalue weighted by Crippen LogP contribution is -2.37. The molecule has 1 fully saturated rings. The molecule has 2 atom stereocenters. The average Bonchev–Trinajstić information content (AvgIpc) is 2.84. The number of aryl methyl sites for hydroxylation is 1. The molecule has 6 heteroatoms. The number of allylic oxidation sites excluding steroid dienone is 2. The Kier molecular flexibility index (Phi) is 4.64. The molecule has 1 aliphatic carbocycles. The third-order valence-corrected chi connectivity index (χ3v) is 4.64. The van der Waals surface area contributed by atoms with E-state index in [0.29, 0.717) is 12.8 Å². The molecule has 3 amide bonds. The SMILES string of the molecule is Cc1ccccc1NNC(=O)CCN1C(=O)[C@H]2CC=CC[C@H]2C1=O. The number of fused-ring (bicyclic) bond motifs is 1. The van der Waals surface area contributed by atoms with E-state index in [-0.39, 0.29) is 42.5 Å². The number of carbonyl (C=O) groups excluding carboxylic acids is 3. The van der Waals surface area contributed by atoms with Gasteiger partial charge in [0.05, 0.1) is 17.5 Å². The van der Waals surface area contributed by atoms with Gasteiger partial charge in [-0.05, 0) is 31.4 Å². The first kappa shape index (κ1) is 16.2. The van der Waals surface area contributed by atoms with Gasteiger partial charge in [0.2, 0.25) is 17.7 Å². The first-order chi connectivity index (χ1) is 11.6. The van der Waals surface area contributed by atoms with Gasteiger partial charge in [0.15, 0.2) is 0 Å². The molecule has 0 aromatic heterocycles. The number of hydrazine groups is 1. The summed E-state index contributed by atoms with van der Waals surface area (Å²) < 4.78 is 0. The molecule has 1 aromatic carbocycles. The maximum atomic E-state index is 12.3. The number of hydrogen-bond donors (Lipinski definition) is 2. The zero-order chi connectivity index (χ0) is 17.1. The van der Waals surface area contributed by atoms with Gasteiger partial charge in [0, 0.05) is 13.0 Å². The topological polar surface area (TPSA) is 78.5 Å². The highest BCUT2D eigenvalue weighted by Gasteiger charge is 2.46. The Morgan fingerprint density at radius 3 is 2.38 bits per heavy atom. The fraction of sp³-hybridized carbons (Fsp3) is 0.389. The molecule has 1 aromatic rings. The number of carbonyl (C=O) groups is 3. The van der Waals surface area contributed by atoms with Gasteiger partial charge < -0.3 is 0 Å². The summed E-state index contributed by atoms with van der Waals surface area (Å²) in [4.78, 5) is 37.8. The number of benzene rings is 1. The number of likely N-dealkylation sites (tertiary alicyclic amines) is 1. The van der Waals surface area contributed by atoms with Crippen molar-refractivity contribution < 1.29 is 14.4 Å². The molecule has 0 bridgehead atoms. The highest BCUT2D eigenvalue weighted by atomic mass is 16.2. The summed E-state index contributed by atoms with van der Waals surface area (Å²) in [5, 5.41) is 0. The number of hydrogen-bond acceptors (Lipinski definition) is 4. The third kappa shape index (κ3) is 3.18. The standard InChI is InChI=1S/C18H21N3O3/c1-12-6-2-5-9-15(12)19-20-16(22)10-11-21-17(23)13-7-3-4-8-14(13)18(21)24/h2-6,9,13-14,19H,7-8,10-11H2,1H3,(H,20,22)/t13-,14+. The Morgan fingerprint density at radius 1 is 1.12 bits per heavy atom. The molecule has 0 saturated carbocycles. The van der Waals surface area contributed by atoms with Crippen LogP contribution in [0.3, 0.4) is 0 Å². The molecule has 6 nitrogen and oxygen atoms in total. The van der Waals surface area contributed by atoms with Gasteiger partial charge in [-0.15, -0.1) is 0 Å². The van der Waals surface area contributed by atoms with Crippen molar-refractivity contribution in [2.45, 2.75) is 26.2 Å². The van der Waals surface area contributed by atoms with Crippen molar-refractivity contribution in [3.05, 3.63) is 42.0 Å². The Bertz CT molecular complexity index is 673. The van der Waals surface area contributed by atoms with Gasteiger partial charge in [-0.1, -0.05) is 30.4 Å². The van der Waals surface area contributed by atoms with Gasteiger partial charge in [0.1, 0.15) is 0 Å². The maximum absolute atomic E-state index is 12.3. The van der Waals surface area contributed by atoms with E-state index >= 15 is 0 Å². The molecular weight excluding hydrogens is 306 g/mol. The number of nitrogens with one attached hydrogen (secondary N) is 2. The summed E-state index contributed by atoms with van der Waals surface area (Å²) in [6, 6.07) is 7.59. The quantitative estimate of drug-likeness (QED) is 0.491. The Hall–Kier alpha value is -2.63. The zero-order valence-electron chi connectivity index (χ0n) is 13.6. The van der Waals surface area contributed by atoms with Crippen molar-refractivity contribution in [3.63, 3.8) is 0 Å². The van der Waals surface area contributed by atoms with E-state index in [1.807, 2.05) is 43.3 Å². The van der Waals surface area contributed by atoms with E-state index in [9.17, 15) is 14.4 Å². The summed E-state index contributed by atoms with van der Waals surface area (Å²) in [5.41, 5.74) is 7.30. The number of para-hydroxylation sites is 1. The number of anilines is 1. The van der Waals surface area contributed by atoms with Crippen molar-refractivity contribution in [1.82, 2.24) is 10.3 Å². The molecule has 0 unspecified atom stereocenters. The molecule has 2 aliphatic rings. The van der Waals surface area contributed by atoms with Crippen LogP contribution >= 0.6 is 0 Å². The number of imide groups is 1. The summed E-state index contributed by atoms with van der Waals surface area (Å²) >= 11 is 0. The van der Waals surface area contributed by atoms with E-state index in [0.717, 1.165) is 11.3 Å². The Balaban J connectivity index is 1.51. The predicted molar refractivity (Wildman–Crippen MR) is 89.6 cm³/mol. The average molecular weight is 327 g/mol. The monoisotopic (exact) mass is 327 g/mol. The van der Waals surface area contributed by atoms with Gasteiger partial charge in [-0.25, -0.2) is 0 Å². The predicted octanol–water partition coefficient (Wildman–Crippen LogP) is 1.78. The second kappa shape index (κ2) is 6.86. The van der Waals surface area contributed by atoms with Crippen LogP contribution in [0.4, 0.5) is 5.69 Å². The minimum atomic E-state index is -0.258. The summed E-state index contributed by atoms with van der Waals surface area (Å²) in [6.45, 7) is 2.07. The van der Waals surface area contributed by atoms with Gasteiger partial charge in [-0.2, -0.15) is 0 Å². The van der Waals surface area contributed by atoms with Crippen LogP contribution in [0.2, 0.25) is 0 Å². The van der Waals surface area contributed by atoms with E-state index in [1.54, 1.807) is 0 Å². The molecular formula is C18H21N3O3. The van der Waals surface area contributed by atoms with E-state index in [1.165, 1.54) is 4.90 Å². The first-order valence-electron chi connectivity index (χ1n) is 8.18. The van der Waals surface area contributed by atoms with Crippen LogP contribution in [0, 0.1) is 18.8 Å². The summed E-state index contributed by atoms with van der Waals surface area (Å²) in [6.07, 6.45) is 5.23. The minimum Gasteiger partial charge on any atom is -0.298 e. The third-order valence-electron chi connectivity index (χ3n) is 4.64.